The topological polar surface area (TPSA) is 15.3 Å². The van der Waals surface area contributed by atoms with E-state index in [0.29, 0.717) is 6.04 Å². The van der Waals surface area contributed by atoms with Gasteiger partial charge in [-0.3, -0.25) is 4.90 Å². The molecule has 14 heavy (non-hydrogen) atoms. The fourth-order valence-electron chi connectivity index (χ4n) is 2.34. The second-order valence-corrected chi connectivity index (χ2v) is 4.64. The normalized spacial score (nSPS) is 25.5. The molecule has 0 radical (unpaired) electrons. The van der Waals surface area contributed by atoms with E-state index >= 15 is 0 Å². The zero-order valence-corrected chi connectivity index (χ0v) is 10.1. The first-order valence-electron chi connectivity index (χ1n) is 6.22. The predicted octanol–water partition coefficient (Wildman–Crippen LogP) is 2.25. The molecule has 2 atom stereocenters. The molecule has 1 N–H and O–H groups in total. The first-order valence-corrected chi connectivity index (χ1v) is 6.22. The molecule has 0 spiro atoms. The summed E-state index contributed by atoms with van der Waals surface area (Å²) in [5.41, 5.74) is 0. The number of likely N-dealkylation sites (tertiary alicyclic amines) is 1. The minimum atomic E-state index is 0.712. The second kappa shape index (κ2) is 6.41. The number of nitrogens with zero attached hydrogens (tertiary/aromatic N) is 1. The first-order chi connectivity index (χ1) is 6.75. The third-order valence-electron chi connectivity index (χ3n) is 3.32. The van der Waals surface area contributed by atoms with Gasteiger partial charge in [-0.2, -0.15) is 0 Å². The molecule has 1 heterocycles. The van der Waals surface area contributed by atoms with Gasteiger partial charge in [-0.25, -0.2) is 0 Å². The molecule has 0 aromatic rings. The summed E-state index contributed by atoms with van der Waals surface area (Å²) in [5, 5.41) is 3.54. The Balaban J connectivity index is 2.11. The van der Waals surface area contributed by atoms with Crippen molar-refractivity contribution in [1.82, 2.24) is 10.2 Å². The van der Waals surface area contributed by atoms with Crippen LogP contribution in [0.2, 0.25) is 0 Å². The Morgan fingerprint density at radius 2 is 2.29 bits per heavy atom. The van der Waals surface area contributed by atoms with Crippen molar-refractivity contribution >= 4 is 0 Å². The van der Waals surface area contributed by atoms with Gasteiger partial charge >= 0.3 is 0 Å². The minimum Gasteiger partial charge on any atom is -0.315 e. The molecule has 0 amide bonds. The van der Waals surface area contributed by atoms with Crippen molar-refractivity contribution in [2.45, 2.75) is 58.5 Å². The fraction of sp³-hybridized carbons (Fsp3) is 1.00. The number of rotatable bonds is 6. The Kier molecular flexibility index (Phi) is 5.49. The van der Waals surface area contributed by atoms with Gasteiger partial charge in [-0.05, 0) is 46.2 Å². The van der Waals surface area contributed by atoms with Gasteiger partial charge in [-0.1, -0.05) is 13.3 Å². The summed E-state index contributed by atoms with van der Waals surface area (Å²) in [5.74, 6) is 0. The monoisotopic (exact) mass is 198 g/mol. The van der Waals surface area contributed by atoms with Gasteiger partial charge in [0.05, 0.1) is 0 Å². The summed E-state index contributed by atoms with van der Waals surface area (Å²) in [7, 11) is 0. The van der Waals surface area contributed by atoms with Crippen LogP contribution in [0.4, 0.5) is 0 Å². The zero-order chi connectivity index (χ0) is 10.4. The largest absolute Gasteiger partial charge is 0.315 e. The van der Waals surface area contributed by atoms with E-state index in [1.54, 1.807) is 0 Å². The number of hydrogen-bond donors (Lipinski definition) is 1. The maximum Gasteiger partial charge on any atom is 0.0195 e. The van der Waals surface area contributed by atoms with Crippen LogP contribution < -0.4 is 5.32 Å². The molecule has 2 unspecified atom stereocenters. The Morgan fingerprint density at radius 3 is 2.86 bits per heavy atom. The van der Waals surface area contributed by atoms with Gasteiger partial charge < -0.3 is 5.32 Å². The lowest BCUT2D eigenvalue weighted by atomic mass is 10.2. The van der Waals surface area contributed by atoms with Crippen molar-refractivity contribution in [3.63, 3.8) is 0 Å². The average Bonchev–Trinajstić information content (AvgIpc) is 2.59. The summed E-state index contributed by atoms with van der Waals surface area (Å²) in [6.45, 7) is 10.6. The quantitative estimate of drug-likeness (QED) is 0.659. The molecule has 1 aliphatic rings. The van der Waals surface area contributed by atoms with E-state index in [0.717, 1.165) is 12.6 Å². The minimum absolute atomic E-state index is 0.712. The van der Waals surface area contributed by atoms with Crippen molar-refractivity contribution < 1.29 is 0 Å². The molecule has 0 bridgehead atoms. The van der Waals surface area contributed by atoms with Crippen LogP contribution in [0.3, 0.4) is 0 Å². The van der Waals surface area contributed by atoms with Crippen LogP contribution in [0.25, 0.3) is 0 Å². The number of unbranched alkanes of at least 4 members (excludes halogenated alkanes) is 1. The third kappa shape index (κ3) is 3.58. The standard InChI is InChI=1S/C12H26N2/c1-4-5-8-13-10-12(3)14-9-6-7-11(14)2/h11-13H,4-10H2,1-3H3. The van der Waals surface area contributed by atoms with Crippen LogP contribution in [0.5, 0.6) is 0 Å². The Bertz CT molecular complexity index is 147. The van der Waals surface area contributed by atoms with Gasteiger partial charge in [0.1, 0.15) is 0 Å². The summed E-state index contributed by atoms with van der Waals surface area (Å²) >= 11 is 0. The second-order valence-electron chi connectivity index (χ2n) is 4.64. The van der Waals surface area contributed by atoms with Crippen LogP contribution in [0.15, 0.2) is 0 Å². The van der Waals surface area contributed by atoms with E-state index in [1.165, 1.54) is 38.8 Å². The van der Waals surface area contributed by atoms with E-state index < -0.39 is 0 Å². The van der Waals surface area contributed by atoms with E-state index in [2.05, 4.69) is 31.0 Å². The van der Waals surface area contributed by atoms with E-state index in [1.807, 2.05) is 0 Å². The average molecular weight is 198 g/mol. The third-order valence-corrected chi connectivity index (χ3v) is 3.32. The van der Waals surface area contributed by atoms with Crippen molar-refractivity contribution in [2.24, 2.45) is 0 Å². The SMILES string of the molecule is CCCCNCC(C)N1CCCC1C. The van der Waals surface area contributed by atoms with E-state index in [4.69, 9.17) is 0 Å². The molecule has 84 valence electrons. The predicted molar refractivity (Wildman–Crippen MR) is 62.6 cm³/mol. The Morgan fingerprint density at radius 1 is 1.50 bits per heavy atom. The number of hydrogen-bond acceptors (Lipinski definition) is 2. The molecule has 1 saturated heterocycles. The first kappa shape index (κ1) is 12.0. The lowest BCUT2D eigenvalue weighted by Crippen LogP contribution is -2.42. The molecule has 0 aliphatic carbocycles. The van der Waals surface area contributed by atoms with Gasteiger partial charge in [0.15, 0.2) is 0 Å². The molecule has 0 aromatic heterocycles. The lowest BCUT2D eigenvalue weighted by Gasteiger charge is -2.28. The zero-order valence-electron chi connectivity index (χ0n) is 10.1. The van der Waals surface area contributed by atoms with Gasteiger partial charge in [0.2, 0.25) is 0 Å². The molecule has 1 aliphatic heterocycles. The summed E-state index contributed by atoms with van der Waals surface area (Å²) in [6, 6.07) is 1.52. The van der Waals surface area contributed by atoms with Crippen LogP contribution in [-0.4, -0.2) is 36.6 Å². The molecule has 1 rings (SSSR count). The fourth-order valence-corrected chi connectivity index (χ4v) is 2.34. The molecule has 2 nitrogen and oxygen atoms in total. The van der Waals surface area contributed by atoms with Crippen LogP contribution in [0, 0.1) is 0 Å². The highest BCUT2D eigenvalue weighted by atomic mass is 15.2. The van der Waals surface area contributed by atoms with Crippen LogP contribution in [0.1, 0.15) is 46.5 Å². The van der Waals surface area contributed by atoms with Crippen LogP contribution >= 0.6 is 0 Å². The molecule has 0 aromatic carbocycles. The number of nitrogens with one attached hydrogen (secondary N) is 1. The van der Waals surface area contributed by atoms with Gasteiger partial charge in [-0.15, -0.1) is 0 Å². The molecule has 0 saturated carbocycles. The van der Waals surface area contributed by atoms with Crippen molar-refractivity contribution in [2.75, 3.05) is 19.6 Å². The molecular weight excluding hydrogens is 172 g/mol. The maximum absolute atomic E-state index is 3.54. The van der Waals surface area contributed by atoms with Crippen molar-refractivity contribution in [3.05, 3.63) is 0 Å². The maximum atomic E-state index is 3.54. The van der Waals surface area contributed by atoms with Crippen molar-refractivity contribution in [1.29, 1.82) is 0 Å². The Hall–Kier alpha value is -0.0800. The molecule has 1 fully saturated rings. The highest BCUT2D eigenvalue weighted by Crippen LogP contribution is 2.18. The summed E-state index contributed by atoms with van der Waals surface area (Å²) < 4.78 is 0. The lowest BCUT2D eigenvalue weighted by molar-refractivity contribution is 0.198. The van der Waals surface area contributed by atoms with Crippen LogP contribution in [-0.2, 0) is 0 Å². The summed E-state index contributed by atoms with van der Waals surface area (Å²) in [6.07, 6.45) is 5.38. The summed E-state index contributed by atoms with van der Waals surface area (Å²) in [4.78, 5) is 2.64. The van der Waals surface area contributed by atoms with Crippen molar-refractivity contribution in [3.8, 4) is 0 Å². The van der Waals surface area contributed by atoms with Gasteiger partial charge in [0, 0.05) is 18.6 Å². The highest BCUT2D eigenvalue weighted by molar-refractivity contribution is 4.80. The van der Waals surface area contributed by atoms with E-state index in [-0.39, 0.29) is 0 Å². The Labute approximate surface area is 89.1 Å². The highest BCUT2D eigenvalue weighted by Gasteiger charge is 2.24. The van der Waals surface area contributed by atoms with Gasteiger partial charge in [0.25, 0.3) is 0 Å². The van der Waals surface area contributed by atoms with E-state index in [9.17, 15) is 0 Å². The molecular formula is C12H26N2. The molecule has 2 heteroatoms. The smallest absolute Gasteiger partial charge is 0.0195 e.